The van der Waals surface area contributed by atoms with Crippen LogP contribution in [0, 0.1) is 6.92 Å². The van der Waals surface area contributed by atoms with Crippen molar-refractivity contribution in [2.24, 2.45) is 0 Å². The lowest BCUT2D eigenvalue weighted by molar-refractivity contribution is -0.129. The first kappa shape index (κ1) is 20.0. The van der Waals surface area contributed by atoms with E-state index in [0.29, 0.717) is 18.4 Å². The highest BCUT2D eigenvalue weighted by molar-refractivity contribution is 5.78. The van der Waals surface area contributed by atoms with Gasteiger partial charge in [0.15, 0.2) is 0 Å². The van der Waals surface area contributed by atoms with Gasteiger partial charge in [0, 0.05) is 57.4 Å². The molecular weight excluding hydrogens is 366 g/mol. The largest absolute Gasteiger partial charge is 0.356 e. The van der Waals surface area contributed by atoms with Crippen LogP contribution in [0.5, 0.6) is 0 Å². The van der Waals surface area contributed by atoms with Crippen molar-refractivity contribution in [3.63, 3.8) is 0 Å². The minimum absolute atomic E-state index is 0.0605. The monoisotopic (exact) mass is 399 g/mol. The van der Waals surface area contributed by atoms with E-state index in [0.717, 1.165) is 77.1 Å². The van der Waals surface area contributed by atoms with Crippen LogP contribution in [0.3, 0.4) is 0 Å². The van der Waals surface area contributed by atoms with Crippen LogP contribution in [0.4, 0.5) is 10.6 Å². The second kappa shape index (κ2) is 9.01. The van der Waals surface area contributed by atoms with Gasteiger partial charge >= 0.3 is 6.03 Å². The summed E-state index contributed by atoms with van der Waals surface area (Å²) in [5, 5.41) is 3.25. The highest BCUT2D eigenvalue weighted by Crippen LogP contribution is 2.23. The van der Waals surface area contributed by atoms with Gasteiger partial charge < -0.3 is 20.0 Å². The normalized spacial score (nSPS) is 24.0. The Hall–Kier alpha value is -2.31. The lowest BCUT2D eigenvalue weighted by Crippen LogP contribution is -2.49. The molecule has 1 N–H and O–H groups in total. The minimum atomic E-state index is 0.0605. The van der Waals surface area contributed by atoms with Crippen molar-refractivity contribution >= 4 is 17.8 Å². The number of aromatic nitrogens is 1. The van der Waals surface area contributed by atoms with E-state index in [9.17, 15) is 9.59 Å². The van der Waals surface area contributed by atoms with E-state index in [1.54, 1.807) is 0 Å². The molecule has 158 valence electrons. The molecule has 3 fully saturated rings. The molecule has 1 unspecified atom stereocenters. The quantitative estimate of drug-likeness (QED) is 0.848. The van der Waals surface area contributed by atoms with Gasteiger partial charge in [-0.05, 0) is 57.1 Å². The van der Waals surface area contributed by atoms with Gasteiger partial charge in [0.25, 0.3) is 0 Å². The molecule has 4 heterocycles. The molecule has 0 radical (unpaired) electrons. The average Bonchev–Trinajstić information content (AvgIpc) is 3.00. The molecule has 29 heavy (non-hydrogen) atoms. The summed E-state index contributed by atoms with van der Waals surface area (Å²) in [6, 6.07) is 4.77. The fraction of sp³-hybridized carbons (Fsp3) is 0.682. The zero-order chi connectivity index (χ0) is 20.2. The third-order valence-corrected chi connectivity index (χ3v) is 6.58. The van der Waals surface area contributed by atoms with Crippen molar-refractivity contribution in [2.45, 2.75) is 64.0 Å². The average molecular weight is 400 g/mol. The molecule has 3 amide bonds. The maximum atomic E-state index is 12.8. The second-order valence-corrected chi connectivity index (χ2v) is 8.67. The maximum absolute atomic E-state index is 12.8. The van der Waals surface area contributed by atoms with Crippen LogP contribution in [0.2, 0.25) is 0 Å². The van der Waals surface area contributed by atoms with Crippen molar-refractivity contribution in [1.82, 2.24) is 20.1 Å². The van der Waals surface area contributed by atoms with Gasteiger partial charge in [-0.2, -0.15) is 0 Å². The minimum Gasteiger partial charge on any atom is -0.356 e. The molecule has 1 aromatic heterocycles. The number of likely N-dealkylation sites (tertiary alicyclic amines) is 2. The molecule has 1 aromatic rings. The Morgan fingerprint density at radius 1 is 1.03 bits per heavy atom. The van der Waals surface area contributed by atoms with E-state index in [2.05, 4.69) is 32.2 Å². The molecule has 1 atom stereocenters. The van der Waals surface area contributed by atoms with Crippen molar-refractivity contribution in [3.05, 3.63) is 23.9 Å². The first-order chi connectivity index (χ1) is 14.1. The maximum Gasteiger partial charge on any atom is 0.317 e. The Balaban J connectivity index is 1.23. The number of carbonyl (C=O) groups excluding carboxylic acids is 2. The Morgan fingerprint density at radius 3 is 2.55 bits per heavy atom. The summed E-state index contributed by atoms with van der Waals surface area (Å²) in [7, 11) is 0. The Kier molecular flexibility index (Phi) is 6.21. The predicted octanol–water partition coefficient (Wildman–Crippen LogP) is 2.55. The number of aryl methyl sites for hydroxylation is 1. The van der Waals surface area contributed by atoms with Crippen LogP contribution in [0.25, 0.3) is 0 Å². The number of urea groups is 1. The first-order valence-electron chi connectivity index (χ1n) is 11.1. The number of carbonyl (C=O) groups is 2. The zero-order valence-corrected chi connectivity index (χ0v) is 17.5. The van der Waals surface area contributed by atoms with E-state index in [1.165, 1.54) is 5.56 Å². The van der Waals surface area contributed by atoms with Gasteiger partial charge in [0.05, 0.1) is 0 Å². The molecular formula is C22H33N5O2. The Labute approximate surface area is 173 Å². The number of hydrogen-bond acceptors (Lipinski definition) is 4. The number of hydrogen-bond donors (Lipinski definition) is 1. The van der Waals surface area contributed by atoms with Gasteiger partial charge in [-0.25, -0.2) is 9.78 Å². The lowest BCUT2D eigenvalue weighted by Gasteiger charge is -2.34. The summed E-state index contributed by atoms with van der Waals surface area (Å²) in [5.41, 5.74) is 1.17. The van der Waals surface area contributed by atoms with E-state index < -0.39 is 0 Å². The number of amides is 3. The van der Waals surface area contributed by atoms with Crippen LogP contribution < -0.4 is 10.2 Å². The number of piperidine rings is 1. The predicted molar refractivity (Wildman–Crippen MR) is 113 cm³/mol. The molecule has 4 rings (SSSR count). The smallest absolute Gasteiger partial charge is 0.317 e. The highest BCUT2D eigenvalue weighted by Gasteiger charge is 2.31. The molecule has 0 spiro atoms. The van der Waals surface area contributed by atoms with E-state index in [1.807, 2.05) is 18.0 Å². The van der Waals surface area contributed by atoms with Gasteiger partial charge in [0.1, 0.15) is 5.82 Å². The summed E-state index contributed by atoms with van der Waals surface area (Å²) in [6.45, 7) is 6.31. The lowest BCUT2D eigenvalue weighted by atomic mass is 10.1. The molecule has 7 nitrogen and oxygen atoms in total. The molecule has 7 heteroatoms. The Bertz CT molecular complexity index is 714. The molecule has 3 aliphatic heterocycles. The first-order valence-corrected chi connectivity index (χ1v) is 11.1. The fourth-order valence-corrected chi connectivity index (χ4v) is 4.81. The van der Waals surface area contributed by atoms with E-state index >= 15 is 0 Å². The summed E-state index contributed by atoms with van der Waals surface area (Å²) >= 11 is 0. The SMILES string of the molecule is Cc1ccc(N2CCC(NC(=O)N3CCCC(N4CCCC4=O)CC3)CC2)nc1. The van der Waals surface area contributed by atoms with Gasteiger partial charge in [-0.15, -0.1) is 0 Å². The van der Waals surface area contributed by atoms with Crippen LogP contribution in [0.15, 0.2) is 18.3 Å². The van der Waals surface area contributed by atoms with Crippen LogP contribution in [-0.2, 0) is 4.79 Å². The number of pyridine rings is 1. The highest BCUT2D eigenvalue weighted by atomic mass is 16.2. The van der Waals surface area contributed by atoms with Crippen molar-refractivity contribution in [2.75, 3.05) is 37.6 Å². The third kappa shape index (κ3) is 4.82. The molecule has 3 aliphatic rings. The van der Waals surface area contributed by atoms with Crippen LogP contribution in [0.1, 0.15) is 50.5 Å². The topological polar surface area (TPSA) is 68.8 Å². The van der Waals surface area contributed by atoms with Gasteiger partial charge in [0.2, 0.25) is 5.91 Å². The summed E-state index contributed by atoms with van der Waals surface area (Å²) in [4.78, 5) is 35.7. The standard InChI is InChI=1S/C22H33N5O2/c1-17-6-7-20(23-16-17)25-13-8-18(9-14-25)24-22(29)26-11-2-4-19(10-15-26)27-12-3-5-21(27)28/h6-7,16,18-19H,2-5,8-15H2,1H3,(H,24,29). The van der Waals surface area contributed by atoms with Gasteiger partial charge in [-0.1, -0.05) is 6.07 Å². The van der Waals surface area contributed by atoms with Crippen LogP contribution >= 0.6 is 0 Å². The number of nitrogens with one attached hydrogen (secondary N) is 1. The number of rotatable bonds is 3. The number of nitrogens with zero attached hydrogens (tertiary/aromatic N) is 4. The summed E-state index contributed by atoms with van der Waals surface area (Å²) in [6.07, 6.45) is 8.35. The van der Waals surface area contributed by atoms with E-state index in [-0.39, 0.29) is 12.1 Å². The summed E-state index contributed by atoms with van der Waals surface area (Å²) < 4.78 is 0. The molecule has 0 aliphatic carbocycles. The Morgan fingerprint density at radius 2 is 1.86 bits per heavy atom. The fourth-order valence-electron chi connectivity index (χ4n) is 4.81. The molecule has 3 saturated heterocycles. The van der Waals surface area contributed by atoms with Crippen molar-refractivity contribution in [3.8, 4) is 0 Å². The van der Waals surface area contributed by atoms with Crippen LogP contribution in [-0.4, -0.2) is 71.5 Å². The molecule has 0 saturated carbocycles. The summed E-state index contributed by atoms with van der Waals surface area (Å²) in [5.74, 6) is 1.32. The zero-order valence-electron chi connectivity index (χ0n) is 17.5. The molecule has 0 aromatic carbocycles. The third-order valence-electron chi connectivity index (χ3n) is 6.58. The van der Waals surface area contributed by atoms with Gasteiger partial charge in [-0.3, -0.25) is 4.79 Å². The number of anilines is 1. The van der Waals surface area contributed by atoms with Crippen molar-refractivity contribution in [1.29, 1.82) is 0 Å². The van der Waals surface area contributed by atoms with E-state index in [4.69, 9.17) is 0 Å². The molecule has 0 bridgehead atoms. The second-order valence-electron chi connectivity index (χ2n) is 8.67. The van der Waals surface area contributed by atoms with Crippen molar-refractivity contribution < 1.29 is 9.59 Å².